The van der Waals surface area contributed by atoms with Crippen molar-refractivity contribution in [2.45, 2.75) is 74.5 Å². The second-order valence-electron chi connectivity index (χ2n) is 12.4. The van der Waals surface area contributed by atoms with Crippen LogP contribution in [0.1, 0.15) is 55.5 Å². The van der Waals surface area contributed by atoms with Crippen LogP contribution in [0.4, 0.5) is 9.18 Å². The average molecular weight is 655 g/mol. The maximum Gasteiger partial charge on any atom is 0.424 e. The van der Waals surface area contributed by atoms with Gasteiger partial charge in [0.2, 0.25) is 0 Å². The normalized spacial score (nSPS) is 22.0. The molecule has 1 saturated heterocycles. The summed E-state index contributed by atoms with van der Waals surface area (Å²) in [5.41, 5.74) is 2.70. The van der Waals surface area contributed by atoms with E-state index in [0.717, 1.165) is 26.6 Å². The zero-order valence-corrected chi connectivity index (χ0v) is 27.7. The van der Waals surface area contributed by atoms with E-state index in [1.54, 1.807) is 49.9 Å². The fourth-order valence-electron chi connectivity index (χ4n) is 5.94. The van der Waals surface area contributed by atoms with Crippen LogP contribution < -0.4 is 0 Å². The summed E-state index contributed by atoms with van der Waals surface area (Å²) in [4.78, 5) is 29.8. The molecule has 0 aromatic heterocycles. The van der Waals surface area contributed by atoms with Crippen LogP contribution in [-0.2, 0) is 30.7 Å². The summed E-state index contributed by atoms with van der Waals surface area (Å²) >= 11 is 1.37. The number of hydrogen-bond donors (Lipinski definition) is 0. The Morgan fingerprint density at radius 2 is 1.69 bits per heavy atom. The maximum absolute atomic E-state index is 14.4. The highest BCUT2D eigenvalue weighted by Gasteiger charge is 2.48. The first-order valence-corrected chi connectivity index (χ1v) is 17.6. The highest BCUT2D eigenvalue weighted by atomic mass is 32.2. The number of nitrogens with zero attached hydrogens (tertiary/aromatic N) is 2. The number of amides is 2. The van der Waals surface area contributed by atoms with Crippen molar-refractivity contribution in [1.29, 1.82) is 0 Å². The van der Waals surface area contributed by atoms with Crippen molar-refractivity contribution in [3.8, 4) is 0 Å². The lowest BCUT2D eigenvalue weighted by Crippen LogP contribution is -2.58. The largest absolute Gasteiger partial charge is 0.443 e. The highest BCUT2D eigenvalue weighted by molar-refractivity contribution is 7.99. The van der Waals surface area contributed by atoms with Gasteiger partial charge in [-0.3, -0.25) is 4.79 Å². The summed E-state index contributed by atoms with van der Waals surface area (Å²) in [7, 11) is -4.37. The summed E-state index contributed by atoms with van der Waals surface area (Å²) < 4.78 is 54.8. The van der Waals surface area contributed by atoms with Crippen molar-refractivity contribution >= 4 is 33.8 Å². The number of benzene rings is 3. The van der Waals surface area contributed by atoms with Crippen molar-refractivity contribution in [2.24, 2.45) is 0 Å². The molecule has 0 N–H and O–H groups in total. The summed E-state index contributed by atoms with van der Waals surface area (Å²) in [5, 5.41) is -0.447. The van der Waals surface area contributed by atoms with Crippen LogP contribution in [0.3, 0.4) is 0 Å². The predicted molar refractivity (Wildman–Crippen MR) is 172 cm³/mol. The topological polar surface area (TPSA) is 93.2 Å². The molecule has 3 aromatic carbocycles. The van der Waals surface area contributed by atoms with Crippen LogP contribution in [0, 0.1) is 12.7 Å². The standard InChI is InChI=1S/C34H39FN2O6S2/c1-22-10-16-26(17-11-22)45(40,41)37(33(39)43-34(2,3)4)28-20-29(42-21-30(28)44-5)32(38)36-19-18-23-8-6-7-9-27(23)31(36)24-12-14-25(35)15-13-24/h6-17,28-31H,18-21H2,1-5H3/t28-,29+,30-,31-/m0/s1. The van der Waals surface area contributed by atoms with E-state index in [1.807, 2.05) is 37.4 Å². The smallest absolute Gasteiger partial charge is 0.424 e. The molecule has 5 rings (SSSR count). The molecule has 8 nitrogen and oxygen atoms in total. The van der Waals surface area contributed by atoms with Crippen LogP contribution in [0.2, 0.25) is 0 Å². The van der Waals surface area contributed by atoms with Gasteiger partial charge in [-0.2, -0.15) is 16.1 Å². The van der Waals surface area contributed by atoms with Gasteiger partial charge in [-0.1, -0.05) is 54.1 Å². The van der Waals surface area contributed by atoms with Crippen LogP contribution >= 0.6 is 11.8 Å². The Hall–Kier alpha value is -3.41. The van der Waals surface area contributed by atoms with E-state index in [2.05, 4.69) is 0 Å². The molecular weight excluding hydrogens is 616 g/mol. The molecule has 2 amide bonds. The number of ether oxygens (including phenoxy) is 2. The molecule has 240 valence electrons. The van der Waals surface area contributed by atoms with Crippen molar-refractivity contribution in [2.75, 3.05) is 19.4 Å². The molecule has 0 radical (unpaired) electrons. The molecule has 0 aliphatic carbocycles. The van der Waals surface area contributed by atoms with Crippen LogP contribution in [0.25, 0.3) is 0 Å². The van der Waals surface area contributed by atoms with E-state index in [1.165, 1.54) is 36.0 Å². The van der Waals surface area contributed by atoms with Crippen molar-refractivity contribution in [3.05, 3.63) is 101 Å². The third-order valence-electron chi connectivity index (χ3n) is 8.13. The summed E-state index contributed by atoms with van der Waals surface area (Å²) in [5.74, 6) is -0.695. The van der Waals surface area contributed by atoms with E-state index in [9.17, 15) is 22.4 Å². The van der Waals surface area contributed by atoms with Gasteiger partial charge >= 0.3 is 6.09 Å². The zero-order valence-electron chi connectivity index (χ0n) is 26.1. The molecule has 0 unspecified atom stereocenters. The molecule has 11 heteroatoms. The Kier molecular flexibility index (Phi) is 9.62. The van der Waals surface area contributed by atoms with Gasteiger partial charge in [0.15, 0.2) is 0 Å². The maximum atomic E-state index is 14.4. The first kappa shape index (κ1) is 33.0. The van der Waals surface area contributed by atoms with Crippen molar-refractivity contribution in [3.63, 3.8) is 0 Å². The van der Waals surface area contributed by atoms with Crippen molar-refractivity contribution < 1.29 is 31.9 Å². The van der Waals surface area contributed by atoms with E-state index >= 15 is 0 Å². The fraction of sp³-hybridized carbons (Fsp3) is 0.412. The van der Waals surface area contributed by atoms with Crippen LogP contribution in [0.5, 0.6) is 0 Å². The van der Waals surface area contributed by atoms with Gasteiger partial charge in [0.1, 0.15) is 17.5 Å². The number of carbonyl (C=O) groups excluding carboxylic acids is 2. The van der Waals surface area contributed by atoms with E-state index in [-0.39, 0.29) is 29.6 Å². The molecule has 2 heterocycles. The van der Waals surface area contributed by atoms with Gasteiger partial charge in [-0.05, 0) is 81.3 Å². The molecule has 4 atom stereocenters. The van der Waals surface area contributed by atoms with Crippen LogP contribution in [0.15, 0.2) is 77.7 Å². The number of aryl methyl sites for hydroxylation is 1. The Labute approximate surface area is 268 Å². The Morgan fingerprint density at radius 1 is 1.02 bits per heavy atom. The first-order valence-electron chi connectivity index (χ1n) is 14.9. The molecule has 1 fully saturated rings. The summed E-state index contributed by atoms with van der Waals surface area (Å²) in [6, 6.07) is 18.8. The molecule has 2 aliphatic rings. The number of thioether (sulfide) groups is 1. The number of hydrogen-bond acceptors (Lipinski definition) is 7. The second-order valence-corrected chi connectivity index (χ2v) is 15.3. The molecule has 0 bridgehead atoms. The Bertz CT molecular complexity index is 1640. The molecule has 3 aromatic rings. The van der Waals surface area contributed by atoms with Crippen molar-refractivity contribution in [1.82, 2.24) is 9.21 Å². The summed E-state index contributed by atoms with van der Waals surface area (Å²) in [6.07, 6.45) is 0.361. The monoisotopic (exact) mass is 654 g/mol. The lowest BCUT2D eigenvalue weighted by atomic mass is 9.87. The van der Waals surface area contributed by atoms with Gasteiger partial charge in [0, 0.05) is 18.2 Å². The molecule has 0 saturated carbocycles. The number of fused-ring (bicyclic) bond motifs is 1. The predicted octanol–water partition coefficient (Wildman–Crippen LogP) is 6.12. The summed E-state index contributed by atoms with van der Waals surface area (Å²) in [6.45, 7) is 7.32. The van der Waals surface area contributed by atoms with E-state index in [0.29, 0.717) is 13.0 Å². The molecule has 0 spiro atoms. The quantitative estimate of drug-likeness (QED) is 0.316. The average Bonchev–Trinajstić information content (AvgIpc) is 3.00. The lowest BCUT2D eigenvalue weighted by molar-refractivity contribution is -0.150. The van der Waals surface area contributed by atoms with Gasteiger partial charge in [-0.15, -0.1) is 0 Å². The van der Waals surface area contributed by atoms with E-state index in [4.69, 9.17) is 9.47 Å². The first-order chi connectivity index (χ1) is 21.3. The molecular formula is C34H39FN2O6S2. The van der Waals surface area contributed by atoms with Gasteiger partial charge in [-0.25, -0.2) is 17.6 Å². The second kappa shape index (κ2) is 13.1. The zero-order chi connectivity index (χ0) is 32.5. The third kappa shape index (κ3) is 7.05. The number of rotatable bonds is 6. The minimum Gasteiger partial charge on any atom is -0.443 e. The van der Waals surface area contributed by atoms with Gasteiger partial charge < -0.3 is 14.4 Å². The molecule has 2 aliphatic heterocycles. The number of halogens is 1. The van der Waals surface area contributed by atoms with Gasteiger partial charge in [0.25, 0.3) is 15.9 Å². The Balaban J connectivity index is 1.52. The molecule has 45 heavy (non-hydrogen) atoms. The minimum atomic E-state index is -4.37. The van der Waals surface area contributed by atoms with Crippen LogP contribution in [-0.4, -0.2) is 72.0 Å². The number of sulfonamides is 1. The lowest BCUT2D eigenvalue weighted by Gasteiger charge is -2.44. The van der Waals surface area contributed by atoms with E-state index < -0.39 is 45.2 Å². The third-order valence-corrected chi connectivity index (χ3v) is 11.0. The fourth-order valence-corrected chi connectivity index (χ4v) is 8.31. The highest BCUT2D eigenvalue weighted by Crippen LogP contribution is 2.38. The SMILES string of the molecule is CS[C@H]1CO[C@@H](C(=O)N2CCc3ccccc3[C@@H]2c2ccc(F)cc2)C[C@@H]1N(C(=O)OC(C)(C)C)S(=O)(=O)c1ccc(C)cc1. The number of carbonyl (C=O) groups is 2. The Morgan fingerprint density at radius 3 is 2.33 bits per heavy atom. The van der Waals surface area contributed by atoms with Gasteiger partial charge in [0.05, 0.1) is 23.6 Å². The minimum absolute atomic E-state index is 0.0443.